The molecule has 0 amide bonds. The van der Waals surface area contributed by atoms with Crippen molar-refractivity contribution in [3.8, 4) is 0 Å². The van der Waals surface area contributed by atoms with Gasteiger partial charge in [0, 0.05) is 22.4 Å². The maximum atomic E-state index is 8.74. The molecule has 0 aromatic carbocycles. The Morgan fingerprint density at radius 1 is 1.14 bits per heavy atom. The molecule has 0 aromatic heterocycles. The monoisotopic (exact) mass is 223 g/mol. The number of rotatable bonds is 0. The van der Waals surface area contributed by atoms with Crippen LogP contribution in [0.5, 0.6) is 0 Å². The maximum Gasteiger partial charge on any atom is 0.394 e. The van der Waals surface area contributed by atoms with E-state index in [0.717, 1.165) is 0 Å². The average Bonchev–Trinajstić information content (AvgIpc) is 0.722. The molecule has 0 fully saturated rings. The summed E-state index contributed by atoms with van der Waals surface area (Å²) in [5.41, 5.74) is 0. The predicted molar refractivity (Wildman–Crippen MR) is 17.8 cm³/mol. The van der Waals surface area contributed by atoms with E-state index in [2.05, 4.69) is 0 Å². The van der Waals surface area contributed by atoms with E-state index in [0.29, 0.717) is 0 Å². The molecule has 0 aliphatic heterocycles. The second-order valence-corrected chi connectivity index (χ2v) is 1.34. The van der Waals surface area contributed by atoms with Crippen LogP contribution in [0.4, 0.5) is 0 Å². The van der Waals surface area contributed by atoms with E-state index in [-0.39, 0.29) is 27.9 Å². The van der Waals surface area contributed by atoms with Gasteiger partial charge in [-0.3, -0.25) is 9.11 Å². The molecule has 0 aliphatic rings. The smallest absolute Gasteiger partial charge is 0.394 e. The molecule has 51 valence electrons. The Labute approximate surface area is 56.1 Å². The molecule has 5 nitrogen and oxygen atoms in total. The fourth-order valence-electron chi connectivity index (χ4n) is 0. The van der Waals surface area contributed by atoms with Gasteiger partial charge in [0.25, 0.3) is 0 Å². The van der Waals surface area contributed by atoms with Crippen molar-refractivity contribution in [1.82, 2.24) is 0 Å². The van der Waals surface area contributed by atoms with Gasteiger partial charge in [0.05, 0.1) is 0 Å². The Bertz CT molecular complexity index is 91.2. The van der Waals surface area contributed by atoms with Gasteiger partial charge >= 0.3 is 10.4 Å². The normalized spacial score (nSPS) is 8.29. The van der Waals surface area contributed by atoms with Gasteiger partial charge in [-0.15, -0.1) is 0 Å². The van der Waals surface area contributed by atoms with Crippen molar-refractivity contribution in [2.75, 3.05) is 0 Å². The summed E-state index contributed by atoms with van der Waals surface area (Å²) in [6, 6.07) is 0. The Morgan fingerprint density at radius 2 is 1.14 bits per heavy atom. The summed E-state index contributed by atoms with van der Waals surface area (Å²) in [5, 5.41) is 0. The van der Waals surface area contributed by atoms with Gasteiger partial charge in [-0.1, -0.05) is 0 Å². The van der Waals surface area contributed by atoms with Gasteiger partial charge in [-0.05, 0) is 0 Å². The van der Waals surface area contributed by atoms with Gasteiger partial charge < -0.3 is 5.48 Å². The summed E-state index contributed by atoms with van der Waals surface area (Å²) >= 11 is 0. The molecule has 0 rings (SSSR count). The van der Waals surface area contributed by atoms with E-state index in [1.165, 1.54) is 0 Å². The largest absolute Gasteiger partial charge is 0.412 e. The van der Waals surface area contributed by atoms with Crippen molar-refractivity contribution in [1.29, 1.82) is 0 Å². The van der Waals surface area contributed by atoms with E-state index in [4.69, 9.17) is 17.5 Å². The van der Waals surface area contributed by atoms with E-state index < -0.39 is 10.4 Å². The van der Waals surface area contributed by atoms with Crippen LogP contribution in [0.2, 0.25) is 0 Å². The van der Waals surface area contributed by atoms with Crippen LogP contribution in [-0.2, 0) is 32.8 Å². The predicted octanol–water partition coefficient (Wildman–Crippen LogP) is -1.48. The van der Waals surface area contributed by atoms with Gasteiger partial charge in [0.2, 0.25) is 0 Å². The minimum absolute atomic E-state index is 0. The second kappa shape index (κ2) is 4.72. The van der Waals surface area contributed by atoms with E-state index >= 15 is 0 Å². The van der Waals surface area contributed by atoms with E-state index in [1.807, 2.05) is 0 Å². The van der Waals surface area contributed by atoms with Crippen LogP contribution < -0.4 is 0 Å². The molecule has 0 bridgehead atoms. The van der Waals surface area contributed by atoms with Crippen molar-refractivity contribution in [2.24, 2.45) is 0 Å². The first-order valence-corrected chi connectivity index (χ1v) is 2.10. The zero-order valence-electron chi connectivity index (χ0n) is 2.92. The van der Waals surface area contributed by atoms with Crippen molar-refractivity contribution in [3.05, 3.63) is 0 Å². The molecular weight excluding hydrogens is 220 g/mol. The Hall–Kier alpha value is 0.570. The fraction of sp³-hybridized carbons (Fsp3) is 0. The minimum atomic E-state index is -4.67. The molecule has 0 saturated heterocycles. The Kier molecular flexibility index (Phi) is 10.6. The molecule has 0 spiro atoms. The first-order valence-electron chi connectivity index (χ1n) is 0.698. The van der Waals surface area contributed by atoms with E-state index in [9.17, 15) is 0 Å². The molecule has 0 aromatic rings. The van der Waals surface area contributed by atoms with Crippen LogP contribution in [0.25, 0.3) is 0 Å². The molecule has 0 saturated carbocycles. The molecule has 0 atom stereocenters. The molecule has 0 heterocycles. The zero-order chi connectivity index (χ0) is 4.50. The fourth-order valence-corrected chi connectivity index (χ4v) is 0. The maximum absolute atomic E-state index is 8.74. The summed E-state index contributed by atoms with van der Waals surface area (Å²) in [4.78, 5) is 0. The SMILES string of the molecule is O.O=S(=O)(O)O.[Ag]. The first kappa shape index (κ1) is 15.6. The van der Waals surface area contributed by atoms with Crippen LogP contribution in [-0.4, -0.2) is 23.0 Å². The summed E-state index contributed by atoms with van der Waals surface area (Å²) < 4.78 is 31.6. The van der Waals surface area contributed by atoms with Gasteiger partial charge in [0.1, 0.15) is 0 Å². The van der Waals surface area contributed by atoms with Crippen LogP contribution in [0, 0.1) is 0 Å². The number of hydrogen-bond acceptors (Lipinski definition) is 2. The number of hydrogen-bond donors (Lipinski definition) is 2. The van der Waals surface area contributed by atoms with Gasteiger partial charge in [0.15, 0.2) is 0 Å². The third kappa shape index (κ3) is 422. The Morgan fingerprint density at radius 3 is 1.14 bits per heavy atom. The molecule has 7 heteroatoms. The summed E-state index contributed by atoms with van der Waals surface area (Å²) in [5.74, 6) is 0. The van der Waals surface area contributed by atoms with Crippen LogP contribution >= 0.6 is 0 Å². The quantitative estimate of drug-likeness (QED) is 0.386. The van der Waals surface area contributed by atoms with E-state index in [1.54, 1.807) is 0 Å². The summed E-state index contributed by atoms with van der Waals surface area (Å²) in [6.45, 7) is 0. The average molecular weight is 224 g/mol. The van der Waals surface area contributed by atoms with Crippen molar-refractivity contribution >= 4 is 10.4 Å². The first-order chi connectivity index (χ1) is 2.00. The van der Waals surface area contributed by atoms with Crippen molar-refractivity contribution in [2.45, 2.75) is 0 Å². The molecule has 7 heavy (non-hydrogen) atoms. The van der Waals surface area contributed by atoms with Crippen molar-refractivity contribution < 1.29 is 45.4 Å². The Balaban J connectivity index is -0.0000000800. The zero-order valence-corrected chi connectivity index (χ0v) is 5.22. The topological polar surface area (TPSA) is 106 Å². The molecular formula is H4AgO5S. The summed E-state index contributed by atoms with van der Waals surface area (Å²) in [7, 11) is -4.67. The van der Waals surface area contributed by atoms with Crippen molar-refractivity contribution in [3.63, 3.8) is 0 Å². The van der Waals surface area contributed by atoms with Crippen LogP contribution in [0.15, 0.2) is 0 Å². The molecule has 0 unspecified atom stereocenters. The minimum Gasteiger partial charge on any atom is -0.412 e. The van der Waals surface area contributed by atoms with Crippen LogP contribution in [0.1, 0.15) is 0 Å². The molecule has 4 N–H and O–H groups in total. The molecule has 0 aliphatic carbocycles. The third-order valence-corrected chi connectivity index (χ3v) is 0. The van der Waals surface area contributed by atoms with Crippen LogP contribution in [0.3, 0.4) is 0 Å². The summed E-state index contributed by atoms with van der Waals surface area (Å²) in [6.07, 6.45) is 0. The van der Waals surface area contributed by atoms with Gasteiger partial charge in [-0.25, -0.2) is 0 Å². The standard InChI is InChI=1S/Ag.H2O4S.H2O/c;1-5(2,3)4;/h;(H2,1,2,3,4);1H2. The third-order valence-electron chi connectivity index (χ3n) is 0. The molecule has 1 radical (unpaired) electrons. The van der Waals surface area contributed by atoms with Gasteiger partial charge in [-0.2, -0.15) is 8.42 Å². The second-order valence-electron chi connectivity index (χ2n) is 0.448.